The Labute approximate surface area is 97.2 Å². The molecule has 0 amide bonds. The summed E-state index contributed by atoms with van der Waals surface area (Å²) in [6, 6.07) is 0. The monoisotopic (exact) mass is 244 g/mol. The Morgan fingerprint density at radius 3 is 2.47 bits per heavy atom. The summed E-state index contributed by atoms with van der Waals surface area (Å²) in [7, 11) is 0. The first-order chi connectivity index (χ1) is 7.17. The minimum Gasteiger partial charge on any atom is -0.199 e. The smallest absolute Gasteiger partial charge is 0.199 e. The van der Waals surface area contributed by atoms with Gasteiger partial charge in [0.15, 0.2) is 5.82 Å². The lowest BCUT2D eigenvalue weighted by molar-refractivity contribution is 0.867. The lowest BCUT2D eigenvalue weighted by atomic mass is 10.3. The fourth-order valence-electron chi connectivity index (χ4n) is 1.36. The van der Waals surface area contributed by atoms with E-state index in [0.29, 0.717) is 21.9 Å². The van der Waals surface area contributed by atoms with Crippen LogP contribution in [0.3, 0.4) is 0 Å². The lowest BCUT2D eigenvalue weighted by Gasteiger charge is -2.03. The van der Waals surface area contributed by atoms with Crippen LogP contribution in [-0.4, -0.2) is 19.6 Å². The molecule has 0 aliphatic carbocycles. The Bertz CT molecular complexity index is 506. The third-order valence-corrected chi connectivity index (χ3v) is 2.89. The first-order valence-electron chi connectivity index (χ1n) is 4.76. The number of halogens is 2. The van der Waals surface area contributed by atoms with Crippen molar-refractivity contribution in [3.63, 3.8) is 0 Å². The van der Waals surface area contributed by atoms with Gasteiger partial charge in [0.1, 0.15) is 10.3 Å². The summed E-state index contributed by atoms with van der Waals surface area (Å²) in [5, 5.41) is 5.14. The molecule has 0 aliphatic heterocycles. The molecule has 0 unspecified atom stereocenters. The third-order valence-electron chi connectivity index (χ3n) is 2.19. The second-order valence-corrected chi connectivity index (χ2v) is 3.83. The van der Waals surface area contributed by atoms with E-state index in [4.69, 9.17) is 23.2 Å². The lowest BCUT2D eigenvalue weighted by Crippen LogP contribution is -1.99. The summed E-state index contributed by atoms with van der Waals surface area (Å²) >= 11 is 12.1. The molecule has 0 bridgehead atoms. The Morgan fingerprint density at radius 1 is 1.13 bits per heavy atom. The molecule has 0 N–H and O–H groups in total. The molecule has 0 spiro atoms. The van der Waals surface area contributed by atoms with Crippen LogP contribution in [0.1, 0.15) is 25.2 Å². The molecule has 4 nitrogen and oxygen atoms in total. The van der Waals surface area contributed by atoms with Gasteiger partial charge in [0, 0.05) is 12.0 Å². The van der Waals surface area contributed by atoms with Crippen LogP contribution in [0.2, 0.25) is 10.3 Å². The summed E-state index contributed by atoms with van der Waals surface area (Å²) in [6.07, 6.45) is 1.47. The van der Waals surface area contributed by atoms with Gasteiger partial charge in [-0.25, -0.2) is 0 Å². The van der Waals surface area contributed by atoms with E-state index in [2.05, 4.69) is 15.1 Å². The van der Waals surface area contributed by atoms with Gasteiger partial charge in [-0.2, -0.15) is 14.5 Å². The number of fused-ring (bicyclic) bond motifs is 1. The van der Waals surface area contributed by atoms with E-state index in [1.807, 2.05) is 13.8 Å². The molecule has 2 rings (SSSR count). The highest BCUT2D eigenvalue weighted by atomic mass is 35.5. The topological polar surface area (TPSA) is 43.1 Å². The summed E-state index contributed by atoms with van der Waals surface area (Å²) < 4.78 is 1.53. The van der Waals surface area contributed by atoms with Crippen LogP contribution in [0.4, 0.5) is 0 Å². The highest BCUT2D eigenvalue weighted by molar-refractivity contribution is 6.34. The Hall–Kier alpha value is -0.870. The van der Waals surface area contributed by atoms with Gasteiger partial charge in [-0.05, 0) is 6.42 Å². The van der Waals surface area contributed by atoms with Gasteiger partial charge in [0.2, 0.25) is 0 Å². The Kier molecular flexibility index (Phi) is 2.80. The van der Waals surface area contributed by atoms with E-state index in [1.165, 1.54) is 4.52 Å². The van der Waals surface area contributed by atoms with Crippen molar-refractivity contribution in [2.45, 2.75) is 26.7 Å². The number of aryl methyl sites for hydroxylation is 1. The standard InChI is InChI=1S/C9H10Cl2N4/c1-3-5-7(10)13-9-12-6(4-2)14-15(9)8(5)11/h3-4H2,1-2H3. The Balaban J connectivity index is 2.76. The molecule has 2 aromatic heterocycles. The number of rotatable bonds is 2. The predicted molar refractivity (Wildman–Crippen MR) is 59.6 cm³/mol. The predicted octanol–water partition coefficient (Wildman–Crippen LogP) is 2.56. The van der Waals surface area contributed by atoms with Gasteiger partial charge in [0.25, 0.3) is 5.78 Å². The van der Waals surface area contributed by atoms with Crippen LogP contribution in [0.15, 0.2) is 0 Å². The second-order valence-electron chi connectivity index (χ2n) is 3.12. The van der Waals surface area contributed by atoms with E-state index in [-0.39, 0.29) is 0 Å². The van der Waals surface area contributed by atoms with Crippen molar-refractivity contribution in [2.24, 2.45) is 0 Å². The van der Waals surface area contributed by atoms with E-state index in [1.54, 1.807) is 0 Å². The molecule has 0 saturated carbocycles. The fourth-order valence-corrected chi connectivity index (χ4v) is 2.04. The molecule has 0 aliphatic rings. The molecule has 0 aromatic carbocycles. The quantitative estimate of drug-likeness (QED) is 0.763. The number of hydrogen-bond acceptors (Lipinski definition) is 3. The average molecular weight is 245 g/mol. The molecule has 15 heavy (non-hydrogen) atoms. The van der Waals surface area contributed by atoms with E-state index in [9.17, 15) is 0 Å². The molecule has 2 heterocycles. The first-order valence-corrected chi connectivity index (χ1v) is 5.52. The van der Waals surface area contributed by atoms with Crippen LogP contribution in [0, 0.1) is 0 Å². The minimum absolute atomic E-state index is 0.407. The van der Waals surface area contributed by atoms with Crippen molar-refractivity contribution < 1.29 is 0 Å². The van der Waals surface area contributed by atoms with Gasteiger partial charge in [-0.3, -0.25) is 0 Å². The SMILES string of the molecule is CCc1nc2nc(Cl)c(CC)c(Cl)n2n1. The average Bonchev–Trinajstić information content (AvgIpc) is 2.61. The van der Waals surface area contributed by atoms with Gasteiger partial charge in [-0.1, -0.05) is 37.0 Å². The van der Waals surface area contributed by atoms with Crippen molar-refractivity contribution in [2.75, 3.05) is 0 Å². The van der Waals surface area contributed by atoms with E-state index < -0.39 is 0 Å². The normalized spacial score (nSPS) is 11.2. The van der Waals surface area contributed by atoms with Crippen molar-refractivity contribution in [1.82, 2.24) is 19.6 Å². The summed E-state index contributed by atoms with van der Waals surface area (Å²) in [5.74, 6) is 1.17. The molecule has 0 atom stereocenters. The highest BCUT2D eigenvalue weighted by Gasteiger charge is 2.13. The van der Waals surface area contributed by atoms with E-state index in [0.717, 1.165) is 18.4 Å². The maximum atomic E-state index is 6.15. The van der Waals surface area contributed by atoms with Gasteiger partial charge in [0.05, 0.1) is 0 Å². The van der Waals surface area contributed by atoms with Crippen molar-refractivity contribution in [3.05, 3.63) is 21.7 Å². The molecule has 6 heteroatoms. The van der Waals surface area contributed by atoms with E-state index >= 15 is 0 Å². The fraction of sp³-hybridized carbons (Fsp3) is 0.444. The van der Waals surface area contributed by atoms with Crippen LogP contribution in [0.5, 0.6) is 0 Å². The van der Waals surface area contributed by atoms with Crippen LogP contribution < -0.4 is 0 Å². The van der Waals surface area contributed by atoms with Crippen LogP contribution >= 0.6 is 23.2 Å². The molecular formula is C9H10Cl2N4. The maximum Gasteiger partial charge on any atom is 0.255 e. The van der Waals surface area contributed by atoms with Crippen molar-refractivity contribution in [1.29, 1.82) is 0 Å². The molecular weight excluding hydrogens is 235 g/mol. The molecule has 2 aromatic rings. The zero-order valence-corrected chi connectivity index (χ0v) is 9.97. The number of nitrogens with zero attached hydrogens (tertiary/aromatic N) is 4. The third kappa shape index (κ3) is 1.68. The highest BCUT2D eigenvalue weighted by Crippen LogP contribution is 2.23. The second kappa shape index (κ2) is 3.94. The first kappa shape index (κ1) is 10.6. The number of hydrogen-bond donors (Lipinski definition) is 0. The van der Waals surface area contributed by atoms with Gasteiger partial charge >= 0.3 is 0 Å². The van der Waals surface area contributed by atoms with Crippen LogP contribution in [-0.2, 0) is 12.8 Å². The number of aromatic nitrogens is 4. The molecule has 0 fully saturated rings. The van der Waals surface area contributed by atoms with Crippen molar-refractivity contribution in [3.8, 4) is 0 Å². The largest absolute Gasteiger partial charge is 0.255 e. The summed E-state index contributed by atoms with van der Waals surface area (Å²) in [5.41, 5.74) is 0.804. The molecule has 0 radical (unpaired) electrons. The zero-order chi connectivity index (χ0) is 11.0. The maximum absolute atomic E-state index is 6.15. The zero-order valence-electron chi connectivity index (χ0n) is 8.46. The summed E-state index contributed by atoms with van der Waals surface area (Å²) in [6.45, 7) is 3.95. The van der Waals surface area contributed by atoms with Gasteiger partial charge in [-0.15, -0.1) is 5.10 Å². The summed E-state index contributed by atoms with van der Waals surface area (Å²) in [4.78, 5) is 8.35. The van der Waals surface area contributed by atoms with Gasteiger partial charge < -0.3 is 0 Å². The minimum atomic E-state index is 0.407. The van der Waals surface area contributed by atoms with Crippen molar-refractivity contribution >= 4 is 29.0 Å². The molecule has 80 valence electrons. The Morgan fingerprint density at radius 2 is 1.87 bits per heavy atom. The van der Waals surface area contributed by atoms with Crippen LogP contribution in [0.25, 0.3) is 5.78 Å². The molecule has 0 saturated heterocycles.